The van der Waals surface area contributed by atoms with Gasteiger partial charge in [-0.2, -0.15) is 4.31 Å². The van der Waals surface area contributed by atoms with Crippen molar-refractivity contribution in [1.82, 2.24) is 9.29 Å². The van der Waals surface area contributed by atoms with E-state index in [4.69, 9.17) is 5.73 Å². The van der Waals surface area contributed by atoms with Crippen LogP contribution >= 0.6 is 0 Å². The largest absolute Gasteiger partial charge is 0.396 e. The molecular formula is C9H13N3O3S. The van der Waals surface area contributed by atoms with Crippen molar-refractivity contribution in [2.75, 3.05) is 18.8 Å². The Hall–Kier alpha value is -1.18. The number of hydrogen-bond donors (Lipinski definition) is 2. The molecule has 0 radical (unpaired) electrons. The zero-order chi connectivity index (χ0) is 11.8. The fourth-order valence-corrected chi connectivity index (χ4v) is 3.19. The van der Waals surface area contributed by atoms with Crippen molar-refractivity contribution in [3.63, 3.8) is 0 Å². The van der Waals surface area contributed by atoms with Gasteiger partial charge >= 0.3 is 0 Å². The number of nitrogen functional groups attached to an aromatic ring is 1. The molecule has 1 aliphatic heterocycles. The van der Waals surface area contributed by atoms with Gasteiger partial charge in [0.1, 0.15) is 0 Å². The summed E-state index contributed by atoms with van der Waals surface area (Å²) in [6.45, 7) is 0.415. The Balaban J connectivity index is 2.36. The van der Waals surface area contributed by atoms with Gasteiger partial charge in [-0.15, -0.1) is 0 Å². The summed E-state index contributed by atoms with van der Waals surface area (Å²) in [5.41, 5.74) is 5.71. The van der Waals surface area contributed by atoms with Gasteiger partial charge in [0, 0.05) is 19.3 Å². The number of aliphatic hydroxyl groups is 1. The number of sulfonamides is 1. The van der Waals surface area contributed by atoms with E-state index < -0.39 is 16.1 Å². The molecule has 3 N–H and O–H groups in total. The highest BCUT2D eigenvalue weighted by Gasteiger charge is 2.33. The SMILES string of the molecule is Nc1cccnc1S(=O)(=O)N1CCC(O)C1. The summed E-state index contributed by atoms with van der Waals surface area (Å²) in [7, 11) is -3.67. The van der Waals surface area contributed by atoms with Crippen LogP contribution in [0.2, 0.25) is 0 Å². The quantitative estimate of drug-likeness (QED) is 0.724. The number of anilines is 1. The molecule has 6 nitrogen and oxygen atoms in total. The van der Waals surface area contributed by atoms with Crippen molar-refractivity contribution in [2.45, 2.75) is 17.6 Å². The zero-order valence-corrected chi connectivity index (χ0v) is 9.39. The van der Waals surface area contributed by atoms with Crippen molar-refractivity contribution in [3.8, 4) is 0 Å². The van der Waals surface area contributed by atoms with Gasteiger partial charge in [-0.3, -0.25) is 0 Å². The fraction of sp³-hybridized carbons (Fsp3) is 0.444. The van der Waals surface area contributed by atoms with Crippen molar-refractivity contribution in [2.24, 2.45) is 0 Å². The maximum absolute atomic E-state index is 12.1. The Morgan fingerprint density at radius 2 is 2.31 bits per heavy atom. The van der Waals surface area contributed by atoms with Gasteiger partial charge in [0.25, 0.3) is 10.0 Å². The molecule has 7 heteroatoms. The Kier molecular flexibility index (Phi) is 2.83. The molecule has 0 aliphatic carbocycles. The summed E-state index contributed by atoms with van der Waals surface area (Å²) in [5, 5.41) is 9.19. The molecule has 1 aromatic heterocycles. The van der Waals surface area contributed by atoms with Gasteiger partial charge in [-0.05, 0) is 18.6 Å². The van der Waals surface area contributed by atoms with Crippen LogP contribution in [0.3, 0.4) is 0 Å². The Bertz CT molecular complexity index is 489. The predicted octanol–water partition coefficient (Wildman–Crippen LogP) is -0.581. The first-order valence-electron chi connectivity index (χ1n) is 4.90. The number of rotatable bonds is 2. The van der Waals surface area contributed by atoms with Crippen molar-refractivity contribution >= 4 is 15.7 Å². The van der Waals surface area contributed by atoms with E-state index in [9.17, 15) is 13.5 Å². The van der Waals surface area contributed by atoms with E-state index in [0.29, 0.717) is 13.0 Å². The van der Waals surface area contributed by atoms with Gasteiger partial charge in [-0.25, -0.2) is 13.4 Å². The number of hydrogen-bond acceptors (Lipinski definition) is 5. The minimum absolute atomic E-state index is 0.109. The molecule has 0 aromatic carbocycles. The normalized spacial score (nSPS) is 22.4. The van der Waals surface area contributed by atoms with Gasteiger partial charge in [0.05, 0.1) is 11.8 Å². The highest BCUT2D eigenvalue weighted by Crippen LogP contribution is 2.23. The predicted molar refractivity (Wildman–Crippen MR) is 58.0 cm³/mol. The van der Waals surface area contributed by atoms with Crippen LogP contribution < -0.4 is 5.73 Å². The van der Waals surface area contributed by atoms with Crippen LogP contribution in [0.15, 0.2) is 23.4 Å². The van der Waals surface area contributed by atoms with Crippen LogP contribution in [0.5, 0.6) is 0 Å². The molecular weight excluding hydrogens is 230 g/mol. The summed E-state index contributed by atoms with van der Waals surface area (Å²) < 4.78 is 25.4. The van der Waals surface area contributed by atoms with Crippen LogP contribution in [0.1, 0.15) is 6.42 Å². The van der Waals surface area contributed by atoms with Crippen LogP contribution in [0.4, 0.5) is 5.69 Å². The lowest BCUT2D eigenvalue weighted by molar-refractivity contribution is 0.189. The van der Waals surface area contributed by atoms with E-state index in [1.54, 1.807) is 6.07 Å². The van der Waals surface area contributed by atoms with Crippen molar-refractivity contribution < 1.29 is 13.5 Å². The van der Waals surface area contributed by atoms with E-state index in [0.717, 1.165) is 0 Å². The molecule has 1 aromatic rings. The van der Waals surface area contributed by atoms with E-state index in [1.165, 1.54) is 16.6 Å². The first kappa shape index (κ1) is 11.3. The molecule has 0 saturated carbocycles. The molecule has 2 heterocycles. The standard InChI is InChI=1S/C9H13N3O3S/c10-8-2-1-4-11-9(8)16(14,15)12-5-3-7(13)6-12/h1-2,4,7,13H,3,5-6,10H2. The van der Waals surface area contributed by atoms with Gasteiger partial charge in [0.15, 0.2) is 5.03 Å². The third-order valence-corrected chi connectivity index (χ3v) is 4.35. The first-order chi connectivity index (χ1) is 7.51. The molecule has 88 valence electrons. The van der Waals surface area contributed by atoms with E-state index in [2.05, 4.69) is 4.98 Å². The molecule has 1 fully saturated rings. The lowest BCUT2D eigenvalue weighted by Crippen LogP contribution is -2.30. The summed E-state index contributed by atoms with van der Waals surface area (Å²) >= 11 is 0. The zero-order valence-electron chi connectivity index (χ0n) is 8.57. The minimum Gasteiger partial charge on any atom is -0.396 e. The van der Waals surface area contributed by atoms with Crippen LogP contribution in [0, 0.1) is 0 Å². The monoisotopic (exact) mass is 243 g/mol. The maximum Gasteiger partial charge on any atom is 0.262 e. The maximum atomic E-state index is 12.1. The molecule has 1 unspecified atom stereocenters. The molecule has 0 spiro atoms. The molecule has 1 saturated heterocycles. The Morgan fingerprint density at radius 3 is 2.88 bits per heavy atom. The Morgan fingerprint density at radius 1 is 1.56 bits per heavy atom. The number of aliphatic hydroxyl groups excluding tert-OH is 1. The Labute approximate surface area is 93.8 Å². The molecule has 16 heavy (non-hydrogen) atoms. The molecule has 1 atom stereocenters. The summed E-state index contributed by atoms with van der Waals surface area (Å²) in [6, 6.07) is 3.07. The van der Waals surface area contributed by atoms with E-state index in [-0.39, 0.29) is 17.3 Å². The molecule has 0 amide bonds. The van der Waals surface area contributed by atoms with Gasteiger partial charge < -0.3 is 10.8 Å². The smallest absolute Gasteiger partial charge is 0.262 e. The second kappa shape index (κ2) is 4.00. The lowest BCUT2D eigenvalue weighted by atomic mass is 10.3. The van der Waals surface area contributed by atoms with Crippen molar-refractivity contribution in [1.29, 1.82) is 0 Å². The van der Waals surface area contributed by atoms with Crippen LogP contribution in [-0.4, -0.2) is 42.0 Å². The van der Waals surface area contributed by atoms with Crippen molar-refractivity contribution in [3.05, 3.63) is 18.3 Å². The number of β-amino-alcohol motifs (C(OH)–C–C–N with tert-alkyl or cyclic N) is 1. The van der Waals surface area contributed by atoms with E-state index in [1.807, 2.05) is 0 Å². The second-order valence-electron chi connectivity index (χ2n) is 3.70. The summed E-state index contributed by atoms with van der Waals surface area (Å²) in [6.07, 6.45) is 1.24. The lowest BCUT2D eigenvalue weighted by Gasteiger charge is -2.15. The molecule has 1 aliphatic rings. The van der Waals surface area contributed by atoms with Crippen LogP contribution in [-0.2, 0) is 10.0 Å². The second-order valence-corrected chi connectivity index (χ2v) is 5.56. The highest BCUT2D eigenvalue weighted by atomic mass is 32.2. The molecule has 2 rings (SSSR count). The number of nitrogens with zero attached hydrogens (tertiary/aromatic N) is 2. The highest BCUT2D eigenvalue weighted by molar-refractivity contribution is 7.89. The molecule has 0 bridgehead atoms. The minimum atomic E-state index is -3.67. The van der Waals surface area contributed by atoms with Gasteiger partial charge in [0.2, 0.25) is 0 Å². The van der Waals surface area contributed by atoms with Gasteiger partial charge in [-0.1, -0.05) is 0 Å². The number of pyridine rings is 1. The average Bonchev–Trinajstić information content (AvgIpc) is 2.66. The third-order valence-electron chi connectivity index (χ3n) is 2.51. The fourth-order valence-electron chi connectivity index (χ4n) is 1.67. The number of nitrogens with two attached hydrogens (primary N) is 1. The van der Waals surface area contributed by atoms with Crippen LogP contribution in [0.25, 0.3) is 0 Å². The summed E-state index contributed by atoms with van der Waals surface area (Å²) in [5.74, 6) is 0. The first-order valence-corrected chi connectivity index (χ1v) is 6.34. The topological polar surface area (TPSA) is 96.5 Å². The van der Waals surface area contributed by atoms with E-state index >= 15 is 0 Å². The summed E-state index contributed by atoms with van der Waals surface area (Å²) in [4.78, 5) is 3.78. The average molecular weight is 243 g/mol. The number of aromatic nitrogens is 1. The third kappa shape index (κ3) is 1.89.